The fraction of sp³-hybridized carbons (Fsp3) is 0.357. The van der Waals surface area contributed by atoms with Crippen LogP contribution in [0.3, 0.4) is 0 Å². The number of nitrogens with zero attached hydrogens (tertiary/aromatic N) is 1. The Morgan fingerprint density at radius 2 is 2.24 bits per heavy atom. The molecule has 3 heteroatoms. The van der Waals surface area contributed by atoms with Crippen molar-refractivity contribution in [2.45, 2.75) is 13.5 Å². The van der Waals surface area contributed by atoms with Crippen molar-refractivity contribution < 1.29 is 4.74 Å². The maximum absolute atomic E-state index is 8.67. The van der Waals surface area contributed by atoms with Crippen LogP contribution in [0.5, 0.6) is 5.75 Å². The number of nitriles is 1. The molecule has 1 rings (SSSR count). The molecule has 88 valence electrons. The summed E-state index contributed by atoms with van der Waals surface area (Å²) in [5.41, 5.74) is 1.05. The lowest BCUT2D eigenvalue weighted by atomic mass is 10.1. The van der Waals surface area contributed by atoms with E-state index in [1.807, 2.05) is 31.2 Å². The lowest BCUT2D eigenvalue weighted by Crippen LogP contribution is -2.20. The van der Waals surface area contributed by atoms with Gasteiger partial charge in [0.1, 0.15) is 12.4 Å². The van der Waals surface area contributed by atoms with Gasteiger partial charge in [0, 0.05) is 18.7 Å². The molecule has 0 aliphatic rings. The van der Waals surface area contributed by atoms with Crippen LogP contribution in [0.25, 0.3) is 0 Å². The summed E-state index contributed by atoms with van der Waals surface area (Å²) in [7, 11) is 0. The Balaban J connectivity index is 2.52. The number of ether oxygens (including phenoxy) is 1. The van der Waals surface area contributed by atoms with Crippen molar-refractivity contribution in [3.05, 3.63) is 29.8 Å². The zero-order valence-electron chi connectivity index (χ0n) is 9.94. The highest BCUT2D eigenvalue weighted by Crippen LogP contribution is 2.17. The highest BCUT2D eigenvalue weighted by atomic mass is 16.5. The average Bonchev–Trinajstić information content (AvgIpc) is 2.37. The van der Waals surface area contributed by atoms with E-state index in [9.17, 15) is 0 Å². The second kappa shape index (κ2) is 7.33. The summed E-state index contributed by atoms with van der Waals surface area (Å²) in [4.78, 5) is 0. The number of para-hydroxylation sites is 1. The van der Waals surface area contributed by atoms with E-state index < -0.39 is 0 Å². The zero-order chi connectivity index (χ0) is 12.5. The molecule has 0 aliphatic heterocycles. The molecule has 0 aliphatic carbocycles. The molecule has 17 heavy (non-hydrogen) atoms. The Bertz CT molecular complexity index is 429. The fourth-order valence-electron chi connectivity index (χ4n) is 1.38. The van der Waals surface area contributed by atoms with Crippen LogP contribution in [0.4, 0.5) is 0 Å². The molecule has 0 saturated heterocycles. The van der Waals surface area contributed by atoms with Gasteiger partial charge in [0.15, 0.2) is 0 Å². The first kappa shape index (κ1) is 13.1. The van der Waals surface area contributed by atoms with Crippen LogP contribution in [0.15, 0.2) is 24.3 Å². The molecule has 1 unspecified atom stereocenters. The molecule has 0 aromatic heterocycles. The van der Waals surface area contributed by atoms with Crippen LogP contribution in [0.1, 0.15) is 12.5 Å². The Labute approximate surface area is 102 Å². The summed E-state index contributed by atoms with van der Waals surface area (Å²) < 4.78 is 5.43. The predicted octanol–water partition coefficient (Wildman–Crippen LogP) is 1.95. The number of benzene rings is 1. The van der Waals surface area contributed by atoms with Crippen LogP contribution < -0.4 is 10.1 Å². The molecular formula is C14H16N2O. The van der Waals surface area contributed by atoms with Gasteiger partial charge >= 0.3 is 0 Å². The fourth-order valence-corrected chi connectivity index (χ4v) is 1.38. The van der Waals surface area contributed by atoms with Crippen molar-refractivity contribution in [2.24, 2.45) is 5.92 Å². The summed E-state index contributed by atoms with van der Waals surface area (Å²) >= 11 is 0. The van der Waals surface area contributed by atoms with Crippen molar-refractivity contribution in [3.63, 3.8) is 0 Å². The van der Waals surface area contributed by atoms with Gasteiger partial charge in [-0.15, -0.1) is 6.42 Å². The molecule has 0 bridgehead atoms. The van der Waals surface area contributed by atoms with E-state index in [2.05, 4.69) is 17.3 Å². The van der Waals surface area contributed by atoms with Gasteiger partial charge in [-0.05, 0) is 13.0 Å². The van der Waals surface area contributed by atoms with E-state index in [1.54, 1.807) is 0 Å². The number of hydrogen-bond acceptors (Lipinski definition) is 3. The third kappa shape index (κ3) is 4.59. The Morgan fingerprint density at radius 1 is 1.47 bits per heavy atom. The zero-order valence-corrected chi connectivity index (χ0v) is 9.94. The van der Waals surface area contributed by atoms with Crippen molar-refractivity contribution in [1.82, 2.24) is 5.32 Å². The third-order valence-corrected chi connectivity index (χ3v) is 2.27. The molecule has 0 saturated carbocycles. The summed E-state index contributed by atoms with van der Waals surface area (Å²) in [5, 5.41) is 11.9. The van der Waals surface area contributed by atoms with Crippen molar-refractivity contribution in [1.29, 1.82) is 5.26 Å². The van der Waals surface area contributed by atoms with Gasteiger partial charge in [-0.2, -0.15) is 5.26 Å². The minimum Gasteiger partial charge on any atom is -0.481 e. The first-order valence-electron chi connectivity index (χ1n) is 5.52. The topological polar surface area (TPSA) is 45.0 Å². The Kier molecular flexibility index (Phi) is 5.64. The predicted molar refractivity (Wildman–Crippen MR) is 67.3 cm³/mol. The molecule has 1 aromatic rings. The van der Waals surface area contributed by atoms with Crippen LogP contribution in [-0.2, 0) is 6.54 Å². The summed E-state index contributed by atoms with van der Waals surface area (Å²) in [6.45, 7) is 3.49. The average molecular weight is 228 g/mol. The molecule has 0 fully saturated rings. The van der Waals surface area contributed by atoms with Gasteiger partial charge in [0.2, 0.25) is 0 Å². The van der Waals surface area contributed by atoms with E-state index in [0.29, 0.717) is 13.1 Å². The first-order chi connectivity index (χ1) is 8.27. The molecule has 1 atom stereocenters. The minimum atomic E-state index is 0.00814. The van der Waals surface area contributed by atoms with Crippen molar-refractivity contribution >= 4 is 0 Å². The number of rotatable bonds is 6. The Hall–Kier alpha value is -1.97. The molecular weight excluding hydrogens is 212 g/mol. The second-order valence-corrected chi connectivity index (χ2v) is 3.76. The molecule has 0 amide bonds. The van der Waals surface area contributed by atoms with Gasteiger partial charge in [-0.25, -0.2) is 0 Å². The summed E-state index contributed by atoms with van der Waals surface area (Å²) in [6, 6.07) is 9.91. The van der Waals surface area contributed by atoms with Gasteiger partial charge in [0.25, 0.3) is 0 Å². The van der Waals surface area contributed by atoms with E-state index in [-0.39, 0.29) is 12.5 Å². The van der Waals surface area contributed by atoms with Crippen LogP contribution >= 0.6 is 0 Å². The van der Waals surface area contributed by atoms with Crippen molar-refractivity contribution in [2.75, 3.05) is 13.2 Å². The lowest BCUT2D eigenvalue weighted by Gasteiger charge is -2.10. The van der Waals surface area contributed by atoms with E-state index in [0.717, 1.165) is 11.3 Å². The van der Waals surface area contributed by atoms with E-state index in [4.69, 9.17) is 16.4 Å². The first-order valence-corrected chi connectivity index (χ1v) is 5.52. The molecule has 0 spiro atoms. The number of terminal acetylenes is 1. The van der Waals surface area contributed by atoms with Crippen LogP contribution in [0, 0.1) is 29.6 Å². The SMILES string of the molecule is C#CCOc1ccccc1CNCC(C)C#N. The molecule has 1 N–H and O–H groups in total. The van der Waals surface area contributed by atoms with Crippen molar-refractivity contribution in [3.8, 4) is 24.2 Å². The molecule has 3 nitrogen and oxygen atoms in total. The lowest BCUT2D eigenvalue weighted by molar-refractivity contribution is 0.364. The quantitative estimate of drug-likeness (QED) is 0.757. The smallest absolute Gasteiger partial charge is 0.148 e. The molecule has 1 aromatic carbocycles. The van der Waals surface area contributed by atoms with E-state index >= 15 is 0 Å². The Morgan fingerprint density at radius 3 is 2.94 bits per heavy atom. The van der Waals surface area contributed by atoms with Gasteiger partial charge < -0.3 is 10.1 Å². The maximum Gasteiger partial charge on any atom is 0.148 e. The molecule has 0 radical (unpaired) electrons. The standard InChI is InChI=1S/C14H16N2O/c1-3-8-17-14-7-5-4-6-13(14)11-16-10-12(2)9-15/h1,4-7,12,16H,8,10-11H2,2H3. The normalized spacial score (nSPS) is 11.2. The van der Waals surface area contributed by atoms with Crippen LogP contribution in [-0.4, -0.2) is 13.2 Å². The number of hydrogen-bond donors (Lipinski definition) is 1. The second-order valence-electron chi connectivity index (χ2n) is 3.76. The minimum absolute atomic E-state index is 0.00814. The van der Waals surface area contributed by atoms with E-state index in [1.165, 1.54) is 0 Å². The summed E-state index contributed by atoms with van der Waals surface area (Å²) in [6.07, 6.45) is 5.16. The largest absolute Gasteiger partial charge is 0.481 e. The van der Waals surface area contributed by atoms with Gasteiger partial charge in [-0.3, -0.25) is 0 Å². The summed E-state index contributed by atoms with van der Waals surface area (Å²) in [5.74, 6) is 3.24. The highest BCUT2D eigenvalue weighted by molar-refractivity contribution is 5.33. The number of nitrogens with one attached hydrogen (secondary N) is 1. The maximum atomic E-state index is 8.67. The highest BCUT2D eigenvalue weighted by Gasteiger charge is 2.03. The van der Waals surface area contributed by atoms with Gasteiger partial charge in [0.05, 0.1) is 12.0 Å². The third-order valence-electron chi connectivity index (χ3n) is 2.27. The molecule has 0 heterocycles. The monoisotopic (exact) mass is 228 g/mol. The van der Waals surface area contributed by atoms with Crippen LogP contribution in [0.2, 0.25) is 0 Å². The van der Waals surface area contributed by atoms with Gasteiger partial charge in [-0.1, -0.05) is 24.1 Å².